The standard InChI is InChI=1S/C16H22N2O2S/c1-4-16-18-13(11-21-16)10-17-8-7-12-5-6-14(19-2)15(9-12)20-3/h5-6,9,11,17H,4,7-8,10H2,1-3H3. The van der Waals surface area contributed by atoms with Crippen molar-refractivity contribution in [1.29, 1.82) is 0 Å². The molecule has 0 bridgehead atoms. The zero-order valence-corrected chi connectivity index (χ0v) is 13.6. The van der Waals surface area contributed by atoms with Crippen molar-refractivity contribution in [2.75, 3.05) is 20.8 Å². The summed E-state index contributed by atoms with van der Waals surface area (Å²) in [7, 11) is 3.31. The summed E-state index contributed by atoms with van der Waals surface area (Å²) in [6.45, 7) is 3.87. The van der Waals surface area contributed by atoms with Crippen LogP contribution < -0.4 is 14.8 Å². The molecule has 114 valence electrons. The topological polar surface area (TPSA) is 43.4 Å². The smallest absolute Gasteiger partial charge is 0.160 e. The summed E-state index contributed by atoms with van der Waals surface area (Å²) in [5, 5.41) is 6.75. The summed E-state index contributed by atoms with van der Waals surface area (Å²) in [6, 6.07) is 6.04. The molecule has 0 aliphatic heterocycles. The van der Waals surface area contributed by atoms with Crippen LogP contribution in [0.1, 0.15) is 23.2 Å². The summed E-state index contributed by atoms with van der Waals surface area (Å²) < 4.78 is 10.6. The van der Waals surface area contributed by atoms with Gasteiger partial charge >= 0.3 is 0 Å². The molecule has 1 heterocycles. The van der Waals surface area contributed by atoms with Gasteiger partial charge in [0.1, 0.15) is 0 Å². The number of methoxy groups -OCH3 is 2. The van der Waals surface area contributed by atoms with Crippen LogP contribution in [0.25, 0.3) is 0 Å². The summed E-state index contributed by atoms with van der Waals surface area (Å²) in [5.74, 6) is 1.55. The number of ether oxygens (including phenoxy) is 2. The van der Waals surface area contributed by atoms with Gasteiger partial charge in [-0.25, -0.2) is 4.98 Å². The molecule has 0 amide bonds. The third kappa shape index (κ3) is 4.44. The van der Waals surface area contributed by atoms with Gasteiger partial charge in [-0.15, -0.1) is 11.3 Å². The number of nitrogens with one attached hydrogen (secondary N) is 1. The number of aromatic nitrogens is 1. The molecule has 2 aromatic rings. The van der Waals surface area contributed by atoms with Gasteiger partial charge in [-0.05, 0) is 37.1 Å². The van der Waals surface area contributed by atoms with E-state index in [1.54, 1.807) is 25.6 Å². The Kier molecular flexibility index (Phi) is 6.02. The zero-order valence-electron chi connectivity index (χ0n) is 12.8. The van der Waals surface area contributed by atoms with Crippen LogP contribution in [0, 0.1) is 0 Å². The molecule has 0 saturated carbocycles. The number of thiazole rings is 1. The van der Waals surface area contributed by atoms with Crippen molar-refractivity contribution in [2.45, 2.75) is 26.3 Å². The molecule has 0 radical (unpaired) electrons. The molecule has 1 aromatic carbocycles. The molecule has 5 heteroatoms. The predicted octanol–water partition coefficient (Wildman–Crippen LogP) is 3.06. The summed E-state index contributed by atoms with van der Waals surface area (Å²) in [5.41, 5.74) is 2.36. The van der Waals surface area contributed by atoms with Gasteiger partial charge < -0.3 is 14.8 Å². The maximum atomic E-state index is 5.31. The second-order valence-corrected chi connectivity index (χ2v) is 5.64. The lowest BCUT2D eigenvalue weighted by Crippen LogP contribution is -2.17. The Morgan fingerprint density at radius 3 is 2.67 bits per heavy atom. The predicted molar refractivity (Wildman–Crippen MR) is 86.4 cm³/mol. The van der Waals surface area contributed by atoms with Crippen LogP contribution in [0.5, 0.6) is 11.5 Å². The summed E-state index contributed by atoms with van der Waals surface area (Å²) in [6.07, 6.45) is 1.96. The fourth-order valence-corrected chi connectivity index (χ4v) is 2.82. The molecule has 0 atom stereocenters. The van der Waals surface area contributed by atoms with Crippen molar-refractivity contribution in [2.24, 2.45) is 0 Å². The van der Waals surface area contributed by atoms with E-state index in [0.29, 0.717) is 0 Å². The van der Waals surface area contributed by atoms with Crippen molar-refractivity contribution >= 4 is 11.3 Å². The number of rotatable bonds is 8. The first kappa shape index (κ1) is 15.8. The number of benzene rings is 1. The lowest BCUT2D eigenvalue weighted by atomic mass is 10.1. The van der Waals surface area contributed by atoms with Crippen molar-refractivity contribution < 1.29 is 9.47 Å². The van der Waals surface area contributed by atoms with Gasteiger partial charge in [0.05, 0.1) is 24.9 Å². The van der Waals surface area contributed by atoms with Crippen LogP contribution in [-0.4, -0.2) is 25.7 Å². The number of aryl methyl sites for hydroxylation is 1. The Bertz CT molecular complexity index is 569. The number of nitrogens with zero attached hydrogens (tertiary/aromatic N) is 1. The van der Waals surface area contributed by atoms with Gasteiger partial charge in [0.2, 0.25) is 0 Å². The fourth-order valence-electron chi connectivity index (χ4n) is 2.08. The second kappa shape index (κ2) is 8.00. The third-order valence-electron chi connectivity index (χ3n) is 3.25. The molecule has 0 spiro atoms. The molecule has 0 unspecified atom stereocenters. The van der Waals surface area contributed by atoms with E-state index in [1.165, 1.54) is 10.6 Å². The summed E-state index contributed by atoms with van der Waals surface area (Å²) >= 11 is 1.73. The highest BCUT2D eigenvalue weighted by Crippen LogP contribution is 2.27. The van der Waals surface area contributed by atoms with Gasteiger partial charge in [-0.1, -0.05) is 13.0 Å². The lowest BCUT2D eigenvalue weighted by Gasteiger charge is -2.09. The van der Waals surface area contributed by atoms with Gasteiger partial charge in [-0.2, -0.15) is 0 Å². The molecule has 0 aliphatic rings. The molecule has 2 rings (SSSR count). The van der Waals surface area contributed by atoms with E-state index in [4.69, 9.17) is 9.47 Å². The molecule has 1 aromatic heterocycles. The van der Waals surface area contributed by atoms with Crippen LogP contribution in [0.2, 0.25) is 0 Å². The van der Waals surface area contributed by atoms with Crippen LogP contribution in [0.4, 0.5) is 0 Å². The minimum absolute atomic E-state index is 0.767. The van der Waals surface area contributed by atoms with Crippen LogP contribution in [0.3, 0.4) is 0 Å². The molecule has 4 nitrogen and oxygen atoms in total. The third-order valence-corrected chi connectivity index (χ3v) is 4.29. The van der Waals surface area contributed by atoms with E-state index < -0.39 is 0 Å². The lowest BCUT2D eigenvalue weighted by molar-refractivity contribution is 0.354. The Balaban J connectivity index is 1.80. The van der Waals surface area contributed by atoms with Crippen molar-refractivity contribution in [1.82, 2.24) is 10.3 Å². The van der Waals surface area contributed by atoms with Gasteiger partial charge in [-0.3, -0.25) is 0 Å². The molecule has 1 N–H and O–H groups in total. The molecular weight excluding hydrogens is 284 g/mol. The van der Waals surface area contributed by atoms with E-state index in [-0.39, 0.29) is 0 Å². The quantitative estimate of drug-likeness (QED) is 0.761. The first-order valence-corrected chi connectivity index (χ1v) is 7.99. The van der Waals surface area contributed by atoms with Gasteiger partial charge in [0.25, 0.3) is 0 Å². The highest BCUT2D eigenvalue weighted by Gasteiger charge is 2.04. The Morgan fingerprint density at radius 2 is 2.00 bits per heavy atom. The summed E-state index contributed by atoms with van der Waals surface area (Å²) in [4.78, 5) is 4.54. The highest BCUT2D eigenvalue weighted by atomic mass is 32.1. The second-order valence-electron chi connectivity index (χ2n) is 4.70. The van der Waals surface area contributed by atoms with Crippen LogP contribution in [0.15, 0.2) is 23.6 Å². The first-order chi connectivity index (χ1) is 10.3. The van der Waals surface area contributed by atoms with Crippen LogP contribution in [-0.2, 0) is 19.4 Å². The Morgan fingerprint density at radius 1 is 1.19 bits per heavy atom. The molecule has 0 saturated heterocycles. The largest absolute Gasteiger partial charge is 0.493 e. The number of hydrogen-bond donors (Lipinski definition) is 1. The minimum atomic E-state index is 0.767. The maximum absolute atomic E-state index is 5.31. The van der Waals surface area contributed by atoms with Crippen molar-refractivity contribution in [3.8, 4) is 11.5 Å². The SMILES string of the molecule is CCc1nc(CNCCc2ccc(OC)c(OC)c2)cs1. The van der Waals surface area contributed by atoms with Gasteiger partial charge in [0.15, 0.2) is 11.5 Å². The number of hydrogen-bond acceptors (Lipinski definition) is 5. The Labute approximate surface area is 130 Å². The normalized spacial score (nSPS) is 10.6. The molecule has 0 fully saturated rings. The van der Waals surface area contributed by atoms with E-state index >= 15 is 0 Å². The minimum Gasteiger partial charge on any atom is -0.493 e. The average molecular weight is 306 g/mol. The van der Waals surface area contributed by atoms with Crippen molar-refractivity contribution in [3.63, 3.8) is 0 Å². The first-order valence-electron chi connectivity index (χ1n) is 7.11. The molecule has 21 heavy (non-hydrogen) atoms. The maximum Gasteiger partial charge on any atom is 0.160 e. The average Bonchev–Trinajstić information content (AvgIpc) is 2.99. The van der Waals surface area contributed by atoms with Crippen LogP contribution >= 0.6 is 11.3 Å². The molecular formula is C16H22N2O2S. The monoisotopic (exact) mass is 306 g/mol. The van der Waals surface area contributed by atoms with E-state index in [1.807, 2.05) is 12.1 Å². The molecule has 0 aliphatic carbocycles. The zero-order chi connectivity index (χ0) is 15.1. The van der Waals surface area contributed by atoms with Crippen molar-refractivity contribution in [3.05, 3.63) is 39.8 Å². The fraction of sp³-hybridized carbons (Fsp3) is 0.438. The van der Waals surface area contributed by atoms with Gasteiger partial charge in [0, 0.05) is 11.9 Å². The van der Waals surface area contributed by atoms with E-state index in [9.17, 15) is 0 Å². The Hall–Kier alpha value is -1.59. The van der Waals surface area contributed by atoms with E-state index in [0.717, 1.165) is 43.1 Å². The van der Waals surface area contributed by atoms with E-state index in [2.05, 4.69) is 28.7 Å². The highest BCUT2D eigenvalue weighted by molar-refractivity contribution is 7.09.